The predicted octanol–water partition coefficient (Wildman–Crippen LogP) is 0.962. The minimum atomic E-state index is -1.11. The molecule has 1 atom stereocenters. The van der Waals surface area contributed by atoms with Gasteiger partial charge in [0, 0.05) is 12.8 Å². The van der Waals surface area contributed by atoms with Gasteiger partial charge in [0.15, 0.2) is 0 Å². The second kappa shape index (κ2) is 3.96. The lowest BCUT2D eigenvalue weighted by molar-refractivity contribution is -0.145. The van der Waals surface area contributed by atoms with Gasteiger partial charge in [-0.3, -0.25) is 4.79 Å². The van der Waals surface area contributed by atoms with Gasteiger partial charge < -0.3 is 10.4 Å². The van der Waals surface area contributed by atoms with E-state index in [1.165, 1.54) is 0 Å². The zero-order valence-corrected chi connectivity index (χ0v) is 8.77. The molecule has 1 heterocycles. The van der Waals surface area contributed by atoms with Crippen LogP contribution in [0.25, 0.3) is 0 Å². The van der Waals surface area contributed by atoms with Crippen molar-refractivity contribution in [3.8, 4) is 0 Å². The van der Waals surface area contributed by atoms with Crippen molar-refractivity contribution in [2.75, 3.05) is 0 Å². The molecule has 2 rings (SSSR count). The van der Waals surface area contributed by atoms with Crippen LogP contribution in [-0.4, -0.2) is 22.5 Å². The summed E-state index contributed by atoms with van der Waals surface area (Å²) in [4.78, 5) is 22.4. The number of carboxylic acids is 1. The fourth-order valence-electron chi connectivity index (χ4n) is 2.03. The molecule has 1 saturated heterocycles. The third-order valence-corrected chi connectivity index (χ3v) is 2.92. The zero-order valence-electron chi connectivity index (χ0n) is 8.77. The summed E-state index contributed by atoms with van der Waals surface area (Å²) in [7, 11) is 0. The summed E-state index contributed by atoms with van der Waals surface area (Å²) < 4.78 is 0. The monoisotopic (exact) mass is 219 g/mol. The lowest BCUT2D eigenvalue weighted by atomic mass is 9.89. The van der Waals surface area contributed by atoms with Crippen molar-refractivity contribution in [2.45, 2.75) is 24.8 Å². The summed E-state index contributed by atoms with van der Waals surface area (Å²) in [5, 5.41) is 11.8. The molecule has 1 aromatic carbocycles. The zero-order chi connectivity index (χ0) is 11.6. The molecule has 1 unspecified atom stereocenters. The van der Waals surface area contributed by atoms with Gasteiger partial charge in [0.05, 0.1) is 0 Å². The highest BCUT2D eigenvalue weighted by atomic mass is 16.4. The Balaban J connectivity index is 2.22. The number of aliphatic carboxylic acids is 1. The van der Waals surface area contributed by atoms with Gasteiger partial charge in [-0.15, -0.1) is 0 Å². The molecule has 1 aromatic rings. The molecule has 0 saturated carbocycles. The highest BCUT2D eigenvalue weighted by molar-refractivity contribution is 5.91. The number of carbonyl (C=O) groups excluding carboxylic acids is 1. The van der Waals surface area contributed by atoms with E-state index in [0.29, 0.717) is 19.3 Å². The second-order valence-electron chi connectivity index (χ2n) is 4.10. The highest BCUT2D eigenvalue weighted by Crippen LogP contribution is 2.25. The third kappa shape index (κ3) is 1.91. The minimum absolute atomic E-state index is 0.182. The number of rotatable bonds is 3. The van der Waals surface area contributed by atoms with Crippen LogP contribution in [0.2, 0.25) is 0 Å². The molecule has 84 valence electrons. The van der Waals surface area contributed by atoms with Gasteiger partial charge in [-0.05, 0) is 12.0 Å². The first-order valence-electron chi connectivity index (χ1n) is 5.21. The molecule has 0 radical (unpaired) electrons. The van der Waals surface area contributed by atoms with Gasteiger partial charge in [0.25, 0.3) is 0 Å². The number of benzene rings is 1. The summed E-state index contributed by atoms with van der Waals surface area (Å²) in [6, 6.07) is 9.35. The smallest absolute Gasteiger partial charge is 0.329 e. The summed E-state index contributed by atoms with van der Waals surface area (Å²) in [6.07, 6.45) is 0.990. The van der Waals surface area contributed by atoms with Gasteiger partial charge >= 0.3 is 5.97 Å². The Labute approximate surface area is 93.3 Å². The first-order chi connectivity index (χ1) is 7.62. The Hall–Kier alpha value is -1.84. The molecular formula is C12H13NO3. The van der Waals surface area contributed by atoms with Crippen LogP contribution in [0.5, 0.6) is 0 Å². The van der Waals surface area contributed by atoms with E-state index in [2.05, 4.69) is 5.32 Å². The number of hydrogen-bond donors (Lipinski definition) is 2. The fourth-order valence-corrected chi connectivity index (χ4v) is 2.03. The average molecular weight is 219 g/mol. The standard InChI is InChI=1S/C12H13NO3/c14-10-6-7-12(13-10,11(15)16)8-9-4-2-1-3-5-9/h1-5H,6-8H2,(H,13,14)(H,15,16). The van der Waals surface area contributed by atoms with Crippen molar-refractivity contribution in [2.24, 2.45) is 0 Å². The minimum Gasteiger partial charge on any atom is -0.479 e. The van der Waals surface area contributed by atoms with Gasteiger partial charge in [0.1, 0.15) is 5.54 Å². The molecule has 0 bridgehead atoms. The van der Waals surface area contributed by atoms with E-state index >= 15 is 0 Å². The van der Waals surface area contributed by atoms with Crippen LogP contribution in [0.15, 0.2) is 30.3 Å². The molecule has 4 nitrogen and oxygen atoms in total. The number of nitrogens with one attached hydrogen (secondary N) is 1. The Morgan fingerprint density at radius 1 is 1.38 bits per heavy atom. The Morgan fingerprint density at radius 3 is 2.56 bits per heavy atom. The average Bonchev–Trinajstić information content (AvgIpc) is 2.63. The predicted molar refractivity (Wildman–Crippen MR) is 57.9 cm³/mol. The van der Waals surface area contributed by atoms with Crippen LogP contribution in [-0.2, 0) is 16.0 Å². The maximum Gasteiger partial charge on any atom is 0.329 e. The van der Waals surface area contributed by atoms with E-state index in [4.69, 9.17) is 0 Å². The summed E-state index contributed by atoms with van der Waals surface area (Å²) >= 11 is 0. The van der Waals surface area contributed by atoms with Crippen molar-refractivity contribution in [1.29, 1.82) is 0 Å². The molecule has 2 N–H and O–H groups in total. The largest absolute Gasteiger partial charge is 0.479 e. The van der Waals surface area contributed by atoms with E-state index < -0.39 is 11.5 Å². The van der Waals surface area contributed by atoms with Crippen molar-refractivity contribution in [1.82, 2.24) is 5.32 Å². The number of carboxylic acid groups (broad SMARTS) is 1. The SMILES string of the molecule is O=C1CCC(Cc2ccccc2)(C(=O)O)N1. The van der Waals surface area contributed by atoms with Gasteiger partial charge in [-0.1, -0.05) is 30.3 Å². The lowest BCUT2D eigenvalue weighted by Crippen LogP contribution is -2.50. The van der Waals surface area contributed by atoms with E-state index in [1.807, 2.05) is 30.3 Å². The normalized spacial score (nSPS) is 24.1. The maximum absolute atomic E-state index is 11.3. The van der Waals surface area contributed by atoms with Crippen molar-refractivity contribution < 1.29 is 14.7 Å². The number of amides is 1. The van der Waals surface area contributed by atoms with Crippen molar-refractivity contribution in [3.05, 3.63) is 35.9 Å². The van der Waals surface area contributed by atoms with E-state index in [-0.39, 0.29) is 5.91 Å². The molecule has 4 heteroatoms. The molecular weight excluding hydrogens is 206 g/mol. The molecule has 16 heavy (non-hydrogen) atoms. The van der Waals surface area contributed by atoms with Crippen LogP contribution in [0, 0.1) is 0 Å². The third-order valence-electron chi connectivity index (χ3n) is 2.92. The summed E-state index contributed by atoms with van der Waals surface area (Å²) in [5.74, 6) is -1.14. The molecule has 1 amide bonds. The first-order valence-corrected chi connectivity index (χ1v) is 5.21. The first kappa shape index (κ1) is 10.7. The molecule has 1 aliphatic heterocycles. The van der Waals surface area contributed by atoms with Crippen LogP contribution in [0.3, 0.4) is 0 Å². The Kier molecular flexibility index (Phi) is 2.64. The van der Waals surface area contributed by atoms with E-state index in [0.717, 1.165) is 5.56 Å². The highest BCUT2D eigenvalue weighted by Gasteiger charge is 2.44. The van der Waals surface area contributed by atoms with Gasteiger partial charge in [0.2, 0.25) is 5.91 Å². The fraction of sp³-hybridized carbons (Fsp3) is 0.333. The topological polar surface area (TPSA) is 66.4 Å². The Morgan fingerprint density at radius 2 is 2.06 bits per heavy atom. The molecule has 1 aliphatic rings. The van der Waals surface area contributed by atoms with E-state index in [1.54, 1.807) is 0 Å². The summed E-state index contributed by atoms with van der Waals surface area (Å²) in [6.45, 7) is 0. The van der Waals surface area contributed by atoms with Crippen LogP contribution in [0.1, 0.15) is 18.4 Å². The molecule has 0 spiro atoms. The second-order valence-corrected chi connectivity index (χ2v) is 4.10. The molecule has 0 aliphatic carbocycles. The quantitative estimate of drug-likeness (QED) is 0.795. The Bertz CT molecular complexity index is 416. The van der Waals surface area contributed by atoms with Gasteiger partial charge in [-0.2, -0.15) is 0 Å². The van der Waals surface area contributed by atoms with Crippen LogP contribution >= 0.6 is 0 Å². The van der Waals surface area contributed by atoms with Crippen LogP contribution < -0.4 is 5.32 Å². The molecule has 1 fully saturated rings. The number of hydrogen-bond acceptors (Lipinski definition) is 2. The lowest BCUT2D eigenvalue weighted by Gasteiger charge is -2.23. The van der Waals surface area contributed by atoms with E-state index in [9.17, 15) is 14.7 Å². The number of carbonyl (C=O) groups is 2. The maximum atomic E-state index is 11.3. The van der Waals surface area contributed by atoms with Gasteiger partial charge in [-0.25, -0.2) is 4.79 Å². The molecule has 0 aromatic heterocycles. The summed E-state index contributed by atoms with van der Waals surface area (Å²) in [5.41, 5.74) is -0.189. The van der Waals surface area contributed by atoms with Crippen LogP contribution in [0.4, 0.5) is 0 Å². The van der Waals surface area contributed by atoms with Crippen molar-refractivity contribution in [3.63, 3.8) is 0 Å². The van der Waals surface area contributed by atoms with Crippen molar-refractivity contribution >= 4 is 11.9 Å².